The lowest BCUT2D eigenvalue weighted by Crippen LogP contribution is -2.27. The number of ether oxygens (including phenoxy) is 2. The van der Waals surface area contributed by atoms with Crippen LogP contribution in [0.4, 0.5) is 0 Å². The molecule has 28 heavy (non-hydrogen) atoms. The fraction of sp³-hybridized carbons (Fsp3) is 0.238. The van der Waals surface area contributed by atoms with Gasteiger partial charge in [0.15, 0.2) is 11.5 Å². The van der Waals surface area contributed by atoms with Crippen LogP contribution >= 0.6 is 11.6 Å². The molecule has 1 atom stereocenters. The van der Waals surface area contributed by atoms with Crippen LogP contribution in [0.25, 0.3) is 0 Å². The van der Waals surface area contributed by atoms with E-state index >= 15 is 0 Å². The summed E-state index contributed by atoms with van der Waals surface area (Å²) >= 11 is 6.15. The number of rotatable bonds is 6. The number of fused-ring (bicyclic) bond motifs is 1. The van der Waals surface area contributed by atoms with Crippen molar-refractivity contribution in [3.05, 3.63) is 76.1 Å². The summed E-state index contributed by atoms with van der Waals surface area (Å²) in [4.78, 5) is 12.5. The van der Waals surface area contributed by atoms with Gasteiger partial charge in [-0.05, 0) is 36.1 Å². The highest BCUT2D eigenvalue weighted by Crippen LogP contribution is 2.31. The molecule has 0 unspecified atom stereocenters. The number of aromatic nitrogens is 1. The SMILES string of the molecule is COc1ccc(OCc2cc(C(=O)N[C@@H]3CCc4ccccc43)no2)c(Cl)c1. The molecule has 144 valence electrons. The number of carbonyl (C=O) groups excluding carboxylic acids is 1. The predicted octanol–water partition coefficient (Wildman–Crippen LogP) is 4.33. The van der Waals surface area contributed by atoms with Crippen LogP contribution in [-0.4, -0.2) is 18.2 Å². The van der Waals surface area contributed by atoms with E-state index < -0.39 is 0 Å². The highest BCUT2D eigenvalue weighted by Gasteiger charge is 2.25. The molecule has 2 aromatic carbocycles. The van der Waals surface area contributed by atoms with Crippen molar-refractivity contribution in [3.63, 3.8) is 0 Å². The fourth-order valence-corrected chi connectivity index (χ4v) is 3.53. The molecule has 0 saturated carbocycles. The van der Waals surface area contributed by atoms with Crippen molar-refractivity contribution in [2.45, 2.75) is 25.5 Å². The molecule has 0 bridgehead atoms. The average molecular weight is 399 g/mol. The van der Waals surface area contributed by atoms with Crippen LogP contribution in [0.1, 0.15) is 39.8 Å². The van der Waals surface area contributed by atoms with Gasteiger partial charge < -0.3 is 19.3 Å². The van der Waals surface area contributed by atoms with Crippen LogP contribution in [0.5, 0.6) is 11.5 Å². The lowest BCUT2D eigenvalue weighted by Gasteiger charge is -2.12. The summed E-state index contributed by atoms with van der Waals surface area (Å²) in [5.41, 5.74) is 2.67. The molecule has 7 heteroatoms. The van der Waals surface area contributed by atoms with E-state index in [-0.39, 0.29) is 24.2 Å². The van der Waals surface area contributed by atoms with Crippen molar-refractivity contribution in [2.75, 3.05) is 7.11 Å². The number of methoxy groups -OCH3 is 1. The number of hydrogen-bond acceptors (Lipinski definition) is 5. The summed E-state index contributed by atoms with van der Waals surface area (Å²) < 4.78 is 16.0. The van der Waals surface area contributed by atoms with Gasteiger partial charge in [-0.25, -0.2) is 0 Å². The Balaban J connectivity index is 1.37. The van der Waals surface area contributed by atoms with Gasteiger partial charge in [0.05, 0.1) is 18.2 Å². The number of hydrogen-bond donors (Lipinski definition) is 1. The Morgan fingerprint density at radius 1 is 1.29 bits per heavy atom. The standard InChI is InChI=1S/C21H19ClN2O4/c1-26-14-7-9-20(17(22)10-14)27-12-15-11-19(24-28-15)21(25)23-18-8-6-13-4-2-3-5-16(13)18/h2-5,7,9-11,18H,6,8,12H2,1H3,(H,23,25)/t18-/m1/s1. The Kier molecular flexibility index (Phi) is 5.21. The molecule has 1 N–H and O–H groups in total. The van der Waals surface area contributed by atoms with Crippen LogP contribution in [0, 0.1) is 0 Å². The normalized spacial score (nSPS) is 15.1. The lowest BCUT2D eigenvalue weighted by molar-refractivity contribution is 0.0927. The van der Waals surface area contributed by atoms with Crippen molar-refractivity contribution in [1.29, 1.82) is 0 Å². The third-order valence-corrected chi connectivity index (χ3v) is 5.03. The molecular weight excluding hydrogens is 380 g/mol. The van der Waals surface area contributed by atoms with Crippen molar-refractivity contribution < 1.29 is 18.8 Å². The smallest absolute Gasteiger partial charge is 0.273 e. The molecule has 0 spiro atoms. The van der Waals surface area contributed by atoms with Crippen molar-refractivity contribution >= 4 is 17.5 Å². The molecule has 1 aliphatic carbocycles. The summed E-state index contributed by atoms with van der Waals surface area (Å²) in [6, 6.07) is 14.8. The Hall–Kier alpha value is -2.99. The van der Waals surface area contributed by atoms with E-state index in [1.54, 1.807) is 31.4 Å². The van der Waals surface area contributed by atoms with Gasteiger partial charge in [-0.3, -0.25) is 4.79 Å². The van der Waals surface area contributed by atoms with Crippen LogP contribution in [0.3, 0.4) is 0 Å². The van der Waals surface area contributed by atoms with E-state index in [0.717, 1.165) is 18.4 Å². The molecule has 1 heterocycles. The monoisotopic (exact) mass is 398 g/mol. The molecule has 0 fully saturated rings. The van der Waals surface area contributed by atoms with Gasteiger partial charge in [0.1, 0.15) is 18.1 Å². The van der Waals surface area contributed by atoms with E-state index in [2.05, 4.69) is 16.5 Å². The number of aryl methyl sites for hydroxylation is 1. The zero-order chi connectivity index (χ0) is 19.5. The van der Waals surface area contributed by atoms with Crippen LogP contribution in [0.15, 0.2) is 53.1 Å². The second-order valence-electron chi connectivity index (χ2n) is 6.53. The molecule has 6 nitrogen and oxygen atoms in total. The molecule has 0 radical (unpaired) electrons. The number of nitrogens with zero attached hydrogens (tertiary/aromatic N) is 1. The van der Waals surface area contributed by atoms with Crippen molar-refractivity contribution in [3.8, 4) is 11.5 Å². The van der Waals surface area contributed by atoms with E-state index in [0.29, 0.717) is 22.3 Å². The van der Waals surface area contributed by atoms with Crippen LogP contribution in [-0.2, 0) is 13.0 Å². The number of benzene rings is 2. The minimum Gasteiger partial charge on any atom is -0.497 e. The van der Waals surface area contributed by atoms with Crippen molar-refractivity contribution in [2.24, 2.45) is 0 Å². The molecule has 0 saturated heterocycles. The maximum Gasteiger partial charge on any atom is 0.273 e. The van der Waals surface area contributed by atoms with E-state index in [9.17, 15) is 4.79 Å². The fourth-order valence-electron chi connectivity index (χ4n) is 3.30. The minimum atomic E-state index is -0.265. The molecule has 0 aliphatic heterocycles. The minimum absolute atomic E-state index is 0.00166. The molecule has 1 aliphatic rings. The molecule has 1 aromatic heterocycles. The first-order valence-electron chi connectivity index (χ1n) is 8.94. The summed E-state index contributed by atoms with van der Waals surface area (Å²) in [6.45, 7) is 0.110. The number of amides is 1. The van der Waals surface area contributed by atoms with Gasteiger partial charge in [0, 0.05) is 12.1 Å². The van der Waals surface area contributed by atoms with E-state index in [4.69, 9.17) is 25.6 Å². The average Bonchev–Trinajstić information content (AvgIpc) is 3.34. The first-order valence-corrected chi connectivity index (χ1v) is 9.32. The third-order valence-electron chi connectivity index (χ3n) is 4.74. The highest BCUT2D eigenvalue weighted by molar-refractivity contribution is 6.32. The van der Waals surface area contributed by atoms with Gasteiger partial charge in [0.25, 0.3) is 5.91 Å². The number of carbonyl (C=O) groups is 1. The Morgan fingerprint density at radius 2 is 2.14 bits per heavy atom. The van der Waals surface area contributed by atoms with Gasteiger partial charge in [0.2, 0.25) is 0 Å². The zero-order valence-corrected chi connectivity index (χ0v) is 16.0. The second-order valence-corrected chi connectivity index (χ2v) is 6.93. The first kappa shape index (κ1) is 18.4. The van der Waals surface area contributed by atoms with Gasteiger partial charge in [-0.1, -0.05) is 41.0 Å². The van der Waals surface area contributed by atoms with Gasteiger partial charge in [-0.15, -0.1) is 0 Å². The van der Waals surface area contributed by atoms with E-state index in [1.165, 1.54) is 5.56 Å². The molecule has 1 amide bonds. The molecule has 4 rings (SSSR count). The maximum absolute atomic E-state index is 12.5. The first-order chi connectivity index (χ1) is 13.6. The molecule has 3 aromatic rings. The number of halogens is 1. The quantitative estimate of drug-likeness (QED) is 0.668. The van der Waals surface area contributed by atoms with Gasteiger partial charge >= 0.3 is 0 Å². The van der Waals surface area contributed by atoms with Crippen molar-refractivity contribution in [1.82, 2.24) is 10.5 Å². The van der Waals surface area contributed by atoms with Crippen LogP contribution < -0.4 is 14.8 Å². The number of nitrogens with one attached hydrogen (secondary N) is 1. The van der Waals surface area contributed by atoms with Crippen LogP contribution in [0.2, 0.25) is 5.02 Å². The molecular formula is C21H19ClN2O4. The predicted molar refractivity (Wildman–Crippen MR) is 104 cm³/mol. The third kappa shape index (κ3) is 3.82. The van der Waals surface area contributed by atoms with E-state index in [1.807, 2.05) is 18.2 Å². The summed E-state index contributed by atoms with van der Waals surface area (Å²) in [6.07, 6.45) is 1.84. The lowest BCUT2D eigenvalue weighted by atomic mass is 10.1. The summed E-state index contributed by atoms with van der Waals surface area (Å²) in [5.74, 6) is 1.31. The maximum atomic E-state index is 12.5. The summed E-state index contributed by atoms with van der Waals surface area (Å²) in [7, 11) is 1.57. The highest BCUT2D eigenvalue weighted by atomic mass is 35.5. The summed E-state index contributed by atoms with van der Waals surface area (Å²) in [5, 5.41) is 7.31. The Morgan fingerprint density at radius 3 is 2.96 bits per heavy atom. The zero-order valence-electron chi connectivity index (χ0n) is 15.3. The second kappa shape index (κ2) is 7.94. The Bertz CT molecular complexity index is 1000. The van der Waals surface area contributed by atoms with Gasteiger partial charge in [-0.2, -0.15) is 0 Å². The largest absolute Gasteiger partial charge is 0.497 e. The Labute approximate surface area is 167 Å². The topological polar surface area (TPSA) is 73.6 Å².